The molecule has 188 valence electrons. The van der Waals surface area contributed by atoms with E-state index in [0.29, 0.717) is 46.0 Å². The SMILES string of the molecule is CCOc1ccc2oc(-c3ccccc3)c(C(=O)Oc3ccc(/C=C/C(=O)c4ccc(C)cc4)cc3)c2c1. The molecule has 0 N–H and O–H groups in total. The van der Waals surface area contributed by atoms with Gasteiger partial charge in [0.25, 0.3) is 0 Å². The number of carbonyl (C=O) groups is 2. The minimum atomic E-state index is -0.533. The van der Waals surface area contributed by atoms with Crippen molar-refractivity contribution in [3.63, 3.8) is 0 Å². The highest BCUT2D eigenvalue weighted by Crippen LogP contribution is 2.36. The molecule has 5 heteroatoms. The molecule has 0 unspecified atom stereocenters. The largest absolute Gasteiger partial charge is 0.494 e. The lowest BCUT2D eigenvalue weighted by Gasteiger charge is -2.07. The molecule has 1 aromatic heterocycles. The molecule has 5 rings (SSSR count). The van der Waals surface area contributed by atoms with Crippen molar-refractivity contribution in [1.82, 2.24) is 0 Å². The van der Waals surface area contributed by atoms with Crippen LogP contribution in [0.3, 0.4) is 0 Å². The third-order valence-corrected chi connectivity index (χ3v) is 6.06. The summed E-state index contributed by atoms with van der Waals surface area (Å²) in [6, 6.07) is 29.3. The molecule has 0 amide bonds. The van der Waals surface area contributed by atoms with Gasteiger partial charge in [-0.2, -0.15) is 0 Å². The van der Waals surface area contributed by atoms with Gasteiger partial charge in [-0.1, -0.05) is 78.4 Å². The Morgan fingerprint density at radius 1 is 0.842 bits per heavy atom. The fraction of sp³-hybridized carbons (Fsp3) is 0.0909. The van der Waals surface area contributed by atoms with E-state index in [9.17, 15) is 9.59 Å². The predicted octanol–water partition coefficient (Wildman–Crippen LogP) is 7.92. The van der Waals surface area contributed by atoms with Gasteiger partial charge in [-0.25, -0.2) is 4.79 Å². The summed E-state index contributed by atoms with van der Waals surface area (Å²) in [4.78, 5) is 25.9. The Labute approximate surface area is 220 Å². The third kappa shape index (κ3) is 5.42. The molecule has 0 aliphatic rings. The van der Waals surface area contributed by atoms with Gasteiger partial charge in [-0.3, -0.25) is 4.79 Å². The Bertz CT molecular complexity index is 1610. The molecule has 0 aliphatic heterocycles. The number of ether oxygens (including phenoxy) is 2. The van der Waals surface area contributed by atoms with Crippen LogP contribution in [0.25, 0.3) is 28.4 Å². The summed E-state index contributed by atoms with van der Waals surface area (Å²) < 4.78 is 17.5. The van der Waals surface area contributed by atoms with Gasteiger partial charge in [-0.15, -0.1) is 0 Å². The van der Waals surface area contributed by atoms with Crippen molar-refractivity contribution in [1.29, 1.82) is 0 Å². The molecular formula is C33H26O5. The monoisotopic (exact) mass is 502 g/mol. The normalized spacial score (nSPS) is 11.1. The third-order valence-electron chi connectivity index (χ3n) is 6.06. The lowest BCUT2D eigenvalue weighted by atomic mass is 10.1. The van der Waals surface area contributed by atoms with Crippen LogP contribution in [0.2, 0.25) is 0 Å². The van der Waals surface area contributed by atoms with Crippen molar-refractivity contribution < 1.29 is 23.5 Å². The number of hydrogen-bond donors (Lipinski definition) is 0. The first-order chi connectivity index (χ1) is 18.5. The molecule has 4 aromatic carbocycles. The van der Waals surface area contributed by atoms with Crippen LogP contribution in [0.5, 0.6) is 11.5 Å². The van der Waals surface area contributed by atoms with E-state index in [2.05, 4.69) is 0 Å². The van der Waals surface area contributed by atoms with Crippen LogP contribution in [-0.4, -0.2) is 18.4 Å². The molecule has 0 bridgehead atoms. The van der Waals surface area contributed by atoms with Gasteiger partial charge in [0, 0.05) is 16.5 Å². The highest BCUT2D eigenvalue weighted by molar-refractivity contribution is 6.10. The molecule has 5 aromatic rings. The summed E-state index contributed by atoms with van der Waals surface area (Å²) >= 11 is 0. The maximum absolute atomic E-state index is 13.5. The highest BCUT2D eigenvalue weighted by Gasteiger charge is 2.24. The quantitative estimate of drug-likeness (QED) is 0.0933. The molecule has 0 spiro atoms. The number of esters is 1. The standard InChI is InChI=1S/C33H26O5/c1-3-36-27-18-20-30-28(21-27)31(32(38-30)25-7-5-4-6-8-25)33(35)37-26-16-11-23(12-17-26)13-19-29(34)24-14-9-22(2)10-15-24/h4-21H,3H2,1-2H3/b19-13+. The maximum Gasteiger partial charge on any atom is 0.348 e. The number of allylic oxidation sites excluding steroid dienone is 1. The Hall–Kier alpha value is -4.90. The minimum Gasteiger partial charge on any atom is -0.494 e. The molecule has 1 heterocycles. The first-order valence-electron chi connectivity index (χ1n) is 12.4. The maximum atomic E-state index is 13.5. The number of ketones is 1. The van der Waals surface area contributed by atoms with E-state index < -0.39 is 5.97 Å². The van der Waals surface area contributed by atoms with Crippen LogP contribution in [-0.2, 0) is 0 Å². The van der Waals surface area contributed by atoms with Gasteiger partial charge >= 0.3 is 5.97 Å². The van der Waals surface area contributed by atoms with Crippen molar-refractivity contribution in [3.8, 4) is 22.8 Å². The van der Waals surface area contributed by atoms with Crippen LogP contribution in [0.1, 0.15) is 38.8 Å². The summed E-state index contributed by atoms with van der Waals surface area (Å²) in [7, 11) is 0. The Morgan fingerprint density at radius 3 is 2.26 bits per heavy atom. The van der Waals surface area contributed by atoms with Gasteiger partial charge < -0.3 is 13.9 Å². The first-order valence-corrected chi connectivity index (χ1v) is 12.4. The zero-order valence-corrected chi connectivity index (χ0v) is 21.1. The average molecular weight is 503 g/mol. The topological polar surface area (TPSA) is 65.7 Å². The second-order valence-corrected chi connectivity index (χ2v) is 8.79. The van der Waals surface area contributed by atoms with Crippen LogP contribution in [0.4, 0.5) is 0 Å². The van der Waals surface area contributed by atoms with E-state index in [1.165, 1.54) is 6.08 Å². The highest BCUT2D eigenvalue weighted by atomic mass is 16.5. The number of carbonyl (C=O) groups excluding carboxylic acids is 2. The van der Waals surface area contributed by atoms with Gasteiger partial charge in [0.05, 0.1) is 6.61 Å². The van der Waals surface area contributed by atoms with Crippen molar-refractivity contribution >= 4 is 28.8 Å². The van der Waals surface area contributed by atoms with Crippen LogP contribution >= 0.6 is 0 Å². The molecule has 38 heavy (non-hydrogen) atoms. The summed E-state index contributed by atoms with van der Waals surface area (Å²) in [5.41, 5.74) is 4.22. The summed E-state index contributed by atoms with van der Waals surface area (Å²) in [6.45, 7) is 4.39. The zero-order chi connectivity index (χ0) is 26.5. The van der Waals surface area contributed by atoms with Crippen molar-refractivity contribution in [2.45, 2.75) is 13.8 Å². The van der Waals surface area contributed by atoms with Gasteiger partial charge in [0.1, 0.15) is 28.4 Å². The van der Waals surface area contributed by atoms with E-state index in [-0.39, 0.29) is 5.78 Å². The van der Waals surface area contributed by atoms with Crippen LogP contribution in [0, 0.1) is 6.92 Å². The van der Waals surface area contributed by atoms with Gasteiger partial charge in [0.15, 0.2) is 5.78 Å². The second kappa shape index (κ2) is 11.0. The minimum absolute atomic E-state index is 0.0767. The molecule has 0 aliphatic carbocycles. The smallest absolute Gasteiger partial charge is 0.348 e. The van der Waals surface area contributed by atoms with E-state index in [1.807, 2.05) is 74.5 Å². The molecule has 0 saturated heterocycles. The van der Waals surface area contributed by atoms with Crippen molar-refractivity contribution in [2.24, 2.45) is 0 Å². The molecule has 5 nitrogen and oxygen atoms in total. The Kier molecular flexibility index (Phi) is 7.18. The fourth-order valence-electron chi connectivity index (χ4n) is 4.12. The second-order valence-electron chi connectivity index (χ2n) is 8.79. The molecule has 0 fully saturated rings. The Balaban J connectivity index is 1.39. The molecule has 0 radical (unpaired) electrons. The average Bonchev–Trinajstić information content (AvgIpc) is 3.33. The number of rotatable bonds is 8. The number of furan rings is 1. The number of fused-ring (bicyclic) bond motifs is 1. The fourth-order valence-corrected chi connectivity index (χ4v) is 4.12. The molecule has 0 saturated carbocycles. The number of hydrogen-bond acceptors (Lipinski definition) is 5. The van der Waals surface area contributed by atoms with E-state index >= 15 is 0 Å². The summed E-state index contributed by atoms with van der Waals surface area (Å²) in [5.74, 6) is 0.854. The van der Waals surface area contributed by atoms with Crippen LogP contribution in [0.15, 0.2) is 108 Å². The lowest BCUT2D eigenvalue weighted by molar-refractivity contribution is 0.0736. The first kappa shape index (κ1) is 24.8. The predicted molar refractivity (Wildman–Crippen MR) is 149 cm³/mol. The van der Waals surface area contributed by atoms with Crippen molar-refractivity contribution in [2.75, 3.05) is 6.61 Å². The molecular weight excluding hydrogens is 476 g/mol. The zero-order valence-electron chi connectivity index (χ0n) is 21.1. The van der Waals surface area contributed by atoms with E-state index in [0.717, 1.165) is 16.7 Å². The van der Waals surface area contributed by atoms with E-state index in [1.54, 1.807) is 42.5 Å². The Morgan fingerprint density at radius 2 is 1.55 bits per heavy atom. The number of aryl methyl sites for hydroxylation is 1. The number of benzene rings is 4. The van der Waals surface area contributed by atoms with Crippen LogP contribution < -0.4 is 9.47 Å². The molecule has 0 atom stereocenters. The summed E-state index contributed by atoms with van der Waals surface area (Å²) in [6.07, 6.45) is 3.27. The van der Waals surface area contributed by atoms with Gasteiger partial charge in [-0.05, 0) is 55.8 Å². The van der Waals surface area contributed by atoms with Crippen molar-refractivity contribution in [3.05, 3.63) is 125 Å². The summed E-state index contributed by atoms with van der Waals surface area (Å²) in [5, 5.41) is 0.619. The van der Waals surface area contributed by atoms with Gasteiger partial charge in [0.2, 0.25) is 0 Å². The lowest BCUT2D eigenvalue weighted by Crippen LogP contribution is -2.09. The van der Waals surface area contributed by atoms with E-state index in [4.69, 9.17) is 13.9 Å².